The number of esters is 1. The van der Waals surface area contributed by atoms with Gasteiger partial charge in [-0.3, -0.25) is 0 Å². The number of rotatable bonds is 6. The molecule has 3 N–H and O–H groups in total. The minimum atomic E-state index is -0.633. The van der Waals surface area contributed by atoms with E-state index >= 15 is 0 Å². The van der Waals surface area contributed by atoms with Gasteiger partial charge >= 0.3 is 5.97 Å². The Morgan fingerprint density at radius 2 is 2.08 bits per heavy atom. The van der Waals surface area contributed by atoms with E-state index < -0.39 is 5.97 Å². The van der Waals surface area contributed by atoms with Crippen molar-refractivity contribution < 1.29 is 9.53 Å². The van der Waals surface area contributed by atoms with E-state index in [0.717, 1.165) is 5.56 Å². The van der Waals surface area contributed by atoms with Crippen LogP contribution in [0.2, 0.25) is 10.3 Å². The number of nitrogens with zero attached hydrogens (tertiary/aromatic N) is 2. The third-order valence-corrected chi connectivity index (χ3v) is 3.93. The molecule has 1 atom stereocenters. The van der Waals surface area contributed by atoms with E-state index in [1.807, 2.05) is 13.0 Å². The number of pyridine rings is 2. The molecule has 2 rings (SSSR count). The second-order valence-corrected chi connectivity index (χ2v) is 5.88. The fraction of sp³-hybridized carbons (Fsp3) is 0.235. The van der Waals surface area contributed by atoms with Gasteiger partial charge in [0.05, 0.1) is 18.3 Å². The predicted octanol–water partition coefficient (Wildman–Crippen LogP) is 3.32. The van der Waals surface area contributed by atoms with Crippen LogP contribution in [-0.4, -0.2) is 22.5 Å². The van der Waals surface area contributed by atoms with E-state index in [4.69, 9.17) is 33.7 Å². The fourth-order valence-electron chi connectivity index (χ4n) is 2.13. The van der Waals surface area contributed by atoms with E-state index in [1.54, 1.807) is 37.5 Å². The van der Waals surface area contributed by atoms with Crippen molar-refractivity contribution in [2.45, 2.75) is 19.9 Å². The molecule has 2 heterocycles. The molecule has 0 aliphatic rings. The number of aromatic nitrogens is 2. The van der Waals surface area contributed by atoms with Crippen molar-refractivity contribution in [2.75, 3.05) is 6.61 Å². The molecule has 0 saturated heterocycles. The molecular weight excluding hydrogens is 363 g/mol. The second kappa shape index (κ2) is 8.69. The number of carbonyl (C=O) groups excluding carboxylic acids is 1. The zero-order valence-electron chi connectivity index (χ0n) is 13.8. The SMILES string of the molecule is CCOC(=O)/C(N)=C(\NC(C)c1ccc(Cl)nc1)c1cccnc1Cl. The van der Waals surface area contributed by atoms with E-state index in [-0.39, 0.29) is 23.5 Å². The molecule has 0 fully saturated rings. The molecule has 0 aliphatic carbocycles. The van der Waals surface area contributed by atoms with Gasteiger partial charge in [0.25, 0.3) is 0 Å². The molecule has 6 nitrogen and oxygen atoms in total. The highest BCUT2D eigenvalue weighted by Crippen LogP contribution is 2.25. The highest BCUT2D eigenvalue weighted by Gasteiger charge is 2.20. The Bertz CT molecular complexity index is 778. The van der Waals surface area contributed by atoms with Gasteiger partial charge < -0.3 is 15.8 Å². The summed E-state index contributed by atoms with van der Waals surface area (Å²) in [5, 5.41) is 3.81. The highest BCUT2D eigenvalue weighted by atomic mass is 35.5. The summed E-state index contributed by atoms with van der Waals surface area (Å²) < 4.78 is 4.99. The molecule has 0 aliphatic heterocycles. The normalized spacial score (nSPS) is 13.0. The number of hydrogen-bond acceptors (Lipinski definition) is 6. The number of ether oxygens (including phenoxy) is 1. The van der Waals surface area contributed by atoms with Crippen LogP contribution in [-0.2, 0) is 9.53 Å². The van der Waals surface area contributed by atoms with Crippen molar-refractivity contribution in [1.29, 1.82) is 0 Å². The Hall–Kier alpha value is -2.31. The van der Waals surface area contributed by atoms with E-state index in [1.165, 1.54) is 0 Å². The van der Waals surface area contributed by atoms with Gasteiger partial charge in [0.15, 0.2) is 0 Å². The summed E-state index contributed by atoms with van der Waals surface area (Å²) in [7, 11) is 0. The standard InChI is InChI=1S/C17H18Cl2N4O2/c1-3-25-17(24)14(20)15(12-5-4-8-21-16(12)19)23-10(2)11-6-7-13(18)22-9-11/h4-10,23H,3,20H2,1-2H3/b15-14+. The van der Waals surface area contributed by atoms with Crippen LogP contribution in [0.15, 0.2) is 42.4 Å². The zero-order valence-corrected chi connectivity index (χ0v) is 15.3. The van der Waals surface area contributed by atoms with Gasteiger partial charge in [-0.15, -0.1) is 0 Å². The largest absolute Gasteiger partial charge is 0.461 e. The Balaban J connectivity index is 2.41. The van der Waals surface area contributed by atoms with Gasteiger partial charge in [0.1, 0.15) is 16.0 Å². The van der Waals surface area contributed by atoms with Crippen molar-refractivity contribution in [2.24, 2.45) is 5.73 Å². The first-order valence-electron chi connectivity index (χ1n) is 7.59. The molecule has 132 valence electrons. The molecule has 2 aromatic rings. The lowest BCUT2D eigenvalue weighted by atomic mass is 10.1. The van der Waals surface area contributed by atoms with Gasteiger partial charge in [0.2, 0.25) is 0 Å². The highest BCUT2D eigenvalue weighted by molar-refractivity contribution is 6.31. The van der Waals surface area contributed by atoms with Crippen molar-refractivity contribution >= 4 is 34.9 Å². The van der Waals surface area contributed by atoms with E-state index in [2.05, 4.69) is 15.3 Å². The summed E-state index contributed by atoms with van der Waals surface area (Å²) in [6, 6.07) is 6.72. The van der Waals surface area contributed by atoms with Crippen LogP contribution in [0.3, 0.4) is 0 Å². The fourth-order valence-corrected chi connectivity index (χ4v) is 2.45. The first-order chi connectivity index (χ1) is 11.9. The maximum Gasteiger partial charge on any atom is 0.356 e. The summed E-state index contributed by atoms with van der Waals surface area (Å²) in [6.07, 6.45) is 3.19. The smallest absolute Gasteiger partial charge is 0.356 e. The molecule has 0 bridgehead atoms. The lowest BCUT2D eigenvalue weighted by Gasteiger charge is -2.20. The summed E-state index contributed by atoms with van der Waals surface area (Å²) >= 11 is 12.0. The molecule has 0 saturated carbocycles. The summed E-state index contributed by atoms with van der Waals surface area (Å²) in [5.74, 6) is -0.633. The molecular formula is C17H18Cl2N4O2. The zero-order chi connectivity index (χ0) is 18.4. The monoisotopic (exact) mass is 380 g/mol. The topological polar surface area (TPSA) is 90.1 Å². The summed E-state index contributed by atoms with van der Waals surface area (Å²) in [5.41, 5.74) is 7.65. The Labute approximate surface area is 156 Å². The van der Waals surface area contributed by atoms with Crippen molar-refractivity contribution in [3.05, 3.63) is 63.8 Å². The Kier molecular flexibility index (Phi) is 6.61. The maximum absolute atomic E-state index is 12.1. The minimum absolute atomic E-state index is 0.0782. The second-order valence-electron chi connectivity index (χ2n) is 5.13. The Morgan fingerprint density at radius 1 is 1.32 bits per heavy atom. The average molecular weight is 381 g/mol. The average Bonchev–Trinajstić information content (AvgIpc) is 2.60. The molecule has 8 heteroatoms. The minimum Gasteiger partial charge on any atom is -0.461 e. The lowest BCUT2D eigenvalue weighted by molar-refractivity contribution is -0.138. The van der Waals surface area contributed by atoms with Crippen molar-refractivity contribution in [3.63, 3.8) is 0 Å². The van der Waals surface area contributed by atoms with Crippen LogP contribution in [0.1, 0.15) is 31.0 Å². The van der Waals surface area contributed by atoms with Crippen LogP contribution >= 0.6 is 23.2 Å². The number of nitrogens with one attached hydrogen (secondary N) is 1. The van der Waals surface area contributed by atoms with Crippen LogP contribution < -0.4 is 11.1 Å². The Morgan fingerprint density at radius 3 is 2.68 bits per heavy atom. The van der Waals surface area contributed by atoms with Crippen molar-refractivity contribution in [1.82, 2.24) is 15.3 Å². The molecule has 0 radical (unpaired) electrons. The molecule has 0 amide bonds. The number of carbonyl (C=O) groups is 1. The van der Waals surface area contributed by atoms with Gasteiger partial charge in [-0.25, -0.2) is 14.8 Å². The molecule has 1 unspecified atom stereocenters. The number of halogens is 2. The molecule has 25 heavy (non-hydrogen) atoms. The maximum atomic E-state index is 12.1. The molecule has 2 aromatic heterocycles. The quantitative estimate of drug-likeness (QED) is 0.453. The van der Waals surface area contributed by atoms with Crippen molar-refractivity contribution in [3.8, 4) is 0 Å². The molecule has 0 aromatic carbocycles. The van der Waals surface area contributed by atoms with E-state index in [9.17, 15) is 4.79 Å². The first-order valence-corrected chi connectivity index (χ1v) is 8.35. The molecule has 0 spiro atoms. The summed E-state index contributed by atoms with van der Waals surface area (Å²) in [4.78, 5) is 20.2. The third kappa shape index (κ3) is 4.84. The summed E-state index contributed by atoms with van der Waals surface area (Å²) in [6.45, 7) is 3.81. The first kappa shape index (κ1) is 19.0. The van der Waals surface area contributed by atoms with Crippen LogP contribution in [0.4, 0.5) is 0 Å². The van der Waals surface area contributed by atoms with Gasteiger partial charge in [-0.2, -0.15) is 0 Å². The van der Waals surface area contributed by atoms with Crippen LogP contribution in [0, 0.1) is 0 Å². The number of nitrogens with two attached hydrogens (primary N) is 1. The van der Waals surface area contributed by atoms with Gasteiger partial charge in [0, 0.05) is 18.0 Å². The van der Waals surface area contributed by atoms with E-state index in [0.29, 0.717) is 16.4 Å². The van der Waals surface area contributed by atoms with Gasteiger partial charge in [-0.05, 0) is 37.6 Å². The number of hydrogen-bond donors (Lipinski definition) is 2. The predicted molar refractivity (Wildman–Crippen MR) is 97.8 cm³/mol. The van der Waals surface area contributed by atoms with Crippen LogP contribution in [0.5, 0.6) is 0 Å². The van der Waals surface area contributed by atoms with Gasteiger partial charge in [-0.1, -0.05) is 29.3 Å². The lowest BCUT2D eigenvalue weighted by Crippen LogP contribution is -2.26. The third-order valence-electron chi connectivity index (χ3n) is 3.40. The van der Waals surface area contributed by atoms with Crippen LogP contribution in [0.25, 0.3) is 5.70 Å².